The molecule has 356 valence electrons. The van der Waals surface area contributed by atoms with Crippen LogP contribution in [0.5, 0.6) is 0 Å². The Morgan fingerprint density at radius 1 is 0.433 bits per heavy atom. The molecule has 1 heterocycles. The molecule has 1 aliphatic heterocycles. The third-order valence-corrected chi connectivity index (χ3v) is 13.0. The summed E-state index contributed by atoms with van der Waals surface area (Å²) in [7, 11) is 0. The van der Waals surface area contributed by atoms with E-state index in [2.05, 4.69) is 32.6 Å². The van der Waals surface area contributed by atoms with Crippen molar-refractivity contribution in [1.29, 1.82) is 0 Å². The number of rotatable bonds is 46. The van der Waals surface area contributed by atoms with Gasteiger partial charge in [0.2, 0.25) is 0 Å². The van der Waals surface area contributed by atoms with Gasteiger partial charge in [0.1, 0.15) is 0 Å². The molecule has 0 unspecified atom stereocenters. The molecule has 0 aliphatic carbocycles. The van der Waals surface area contributed by atoms with Gasteiger partial charge in [0.15, 0.2) is 0 Å². The Kier molecular flexibility index (Phi) is 42.1. The van der Waals surface area contributed by atoms with Gasteiger partial charge in [-0.2, -0.15) is 0 Å². The fourth-order valence-corrected chi connectivity index (χ4v) is 8.93. The summed E-state index contributed by atoms with van der Waals surface area (Å²) in [6.45, 7) is 16.1. The first-order valence-electron chi connectivity index (χ1n) is 26.7. The molecule has 0 aromatic rings. The van der Waals surface area contributed by atoms with Crippen molar-refractivity contribution in [2.45, 2.75) is 265 Å². The monoisotopic (exact) mass is 850 g/mol. The van der Waals surface area contributed by atoms with Gasteiger partial charge in [-0.3, -0.25) is 14.5 Å². The summed E-state index contributed by atoms with van der Waals surface area (Å²) < 4.78 is 23.4. The highest BCUT2D eigenvalue weighted by molar-refractivity contribution is 5.70. The number of unbranched alkanes of at least 4 members (excludes halogenated alkanes) is 21. The zero-order valence-electron chi connectivity index (χ0n) is 40.7. The largest absolute Gasteiger partial charge is 0.466 e. The van der Waals surface area contributed by atoms with Gasteiger partial charge in [-0.05, 0) is 82.6 Å². The summed E-state index contributed by atoms with van der Waals surface area (Å²) >= 11 is 0. The Balaban J connectivity index is 2.22. The molecule has 0 spiro atoms. The van der Waals surface area contributed by atoms with E-state index >= 15 is 0 Å². The van der Waals surface area contributed by atoms with Gasteiger partial charge < -0.3 is 18.9 Å². The Morgan fingerprint density at radius 2 is 0.783 bits per heavy atom. The number of esters is 2. The standard InChI is InChI=1S/C53H103NO6/c1-5-9-23-33-49(34-24-10-6-2)47-52(55)59-43-30-21-17-13-15-19-27-37-51(58-42-32-29-39-54-40-45-57-46-41-54)38-28-20-16-14-18-22-31-44-60-53(56)48-50(35-25-11-7-3)36-26-12-8-4/h49-51H,5-48H2,1-4H3. The van der Waals surface area contributed by atoms with Crippen LogP contribution in [0.4, 0.5) is 0 Å². The van der Waals surface area contributed by atoms with Gasteiger partial charge in [-0.25, -0.2) is 0 Å². The highest BCUT2D eigenvalue weighted by Gasteiger charge is 2.17. The van der Waals surface area contributed by atoms with Crippen molar-refractivity contribution in [2.75, 3.05) is 52.7 Å². The second-order valence-electron chi connectivity index (χ2n) is 18.7. The molecule has 0 saturated carbocycles. The molecule has 0 N–H and O–H groups in total. The first kappa shape index (κ1) is 56.8. The Bertz CT molecular complexity index is 832. The van der Waals surface area contributed by atoms with E-state index < -0.39 is 0 Å². The van der Waals surface area contributed by atoms with Crippen LogP contribution in [0, 0.1) is 11.8 Å². The van der Waals surface area contributed by atoms with Gasteiger partial charge in [0, 0.05) is 32.5 Å². The van der Waals surface area contributed by atoms with Crippen molar-refractivity contribution in [3.05, 3.63) is 0 Å². The minimum absolute atomic E-state index is 0.0301. The maximum atomic E-state index is 12.5. The fourth-order valence-electron chi connectivity index (χ4n) is 8.93. The molecule has 0 bridgehead atoms. The lowest BCUT2D eigenvalue weighted by molar-refractivity contribution is -0.146. The molecule has 60 heavy (non-hydrogen) atoms. The van der Waals surface area contributed by atoms with Gasteiger partial charge in [0.25, 0.3) is 0 Å². The SMILES string of the molecule is CCCCCC(CCCCC)CC(=O)OCCCCCCCCCC(CCCCCCCCCOC(=O)CC(CCCCC)CCCCC)OCCCCN1CCOCC1. The molecule has 0 radical (unpaired) electrons. The van der Waals surface area contributed by atoms with Crippen molar-refractivity contribution in [2.24, 2.45) is 11.8 Å². The van der Waals surface area contributed by atoms with E-state index in [0.717, 1.165) is 65.0 Å². The molecule has 1 saturated heterocycles. The van der Waals surface area contributed by atoms with Crippen LogP contribution in [-0.4, -0.2) is 75.6 Å². The van der Waals surface area contributed by atoms with E-state index in [9.17, 15) is 9.59 Å². The number of hydrogen-bond donors (Lipinski definition) is 0. The first-order chi connectivity index (χ1) is 29.5. The first-order valence-corrected chi connectivity index (χ1v) is 26.7. The van der Waals surface area contributed by atoms with Crippen LogP contribution in [0.25, 0.3) is 0 Å². The highest BCUT2D eigenvalue weighted by Crippen LogP contribution is 2.24. The van der Waals surface area contributed by atoms with Crippen molar-refractivity contribution >= 4 is 11.9 Å². The summed E-state index contributed by atoms with van der Waals surface area (Å²) in [4.78, 5) is 27.6. The van der Waals surface area contributed by atoms with Crippen LogP contribution in [0.15, 0.2) is 0 Å². The molecule has 1 fully saturated rings. The minimum atomic E-state index is 0.0301. The highest BCUT2D eigenvalue weighted by atomic mass is 16.5. The molecule has 0 atom stereocenters. The topological polar surface area (TPSA) is 74.3 Å². The quantitative estimate of drug-likeness (QED) is 0.0446. The molecule has 7 heteroatoms. The lowest BCUT2D eigenvalue weighted by atomic mass is 9.92. The predicted molar refractivity (Wildman–Crippen MR) is 255 cm³/mol. The van der Waals surface area contributed by atoms with E-state index in [1.807, 2.05) is 0 Å². The molecule has 0 aromatic carbocycles. The molecule has 1 aliphatic rings. The van der Waals surface area contributed by atoms with Crippen LogP contribution >= 0.6 is 0 Å². The molecule has 7 nitrogen and oxygen atoms in total. The van der Waals surface area contributed by atoms with E-state index in [4.69, 9.17) is 18.9 Å². The van der Waals surface area contributed by atoms with Gasteiger partial charge in [-0.1, -0.05) is 182 Å². The Morgan fingerprint density at radius 3 is 1.18 bits per heavy atom. The minimum Gasteiger partial charge on any atom is -0.466 e. The summed E-state index contributed by atoms with van der Waals surface area (Å²) in [5.41, 5.74) is 0. The Labute approximate surface area is 373 Å². The van der Waals surface area contributed by atoms with E-state index in [0.29, 0.717) is 44.0 Å². The summed E-state index contributed by atoms with van der Waals surface area (Å²) in [5, 5.41) is 0. The summed E-state index contributed by atoms with van der Waals surface area (Å²) in [5.74, 6) is 1.08. The third kappa shape index (κ3) is 37.4. The number of hydrogen-bond acceptors (Lipinski definition) is 7. The molecule has 1 rings (SSSR count). The lowest BCUT2D eigenvalue weighted by Crippen LogP contribution is -2.36. The molecular weight excluding hydrogens is 747 g/mol. The molecule has 0 aromatic heterocycles. The number of carbonyl (C=O) groups is 2. The average molecular weight is 850 g/mol. The molecular formula is C53H103NO6. The maximum absolute atomic E-state index is 12.5. The van der Waals surface area contributed by atoms with Gasteiger partial charge in [-0.15, -0.1) is 0 Å². The van der Waals surface area contributed by atoms with Crippen LogP contribution in [0.3, 0.4) is 0 Å². The fraction of sp³-hybridized carbons (Fsp3) is 0.962. The van der Waals surface area contributed by atoms with Crippen LogP contribution in [0.2, 0.25) is 0 Å². The third-order valence-electron chi connectivity index (χ3n) is 13.0. The van der Waals surface area contributed by atoms with E-state index in [-0.39, 0.29) is 11.9 Å². The predicted octanol–water partition coefficient (Wildman–Crippen LogP) is 15.1. The number of carbonyl (C=O) groups excluding carboxylic acids is 2. The normalized spacial score (nSPS) is 13.6. The zero-order valence-corrected chi connectivity index (χ0v) is 40.7. The number of morpholine rings is 1. The van der Waals surface area contributed by atoms with Crippen LogP contribution in [-0.2, 0) is 28.5 Å². The van der Waals surface area contributed by atoms with Crippen LogP contribution in [0.1, 0.15) is 259 Å². The van der Waals surface area contributed by atoms with Gasteiger partial charge in [0.05, 0.1) is 32.5 Å². The van der Waals surface area contributed by atoms with E-state index in [1.54, 1.807) is 0 Å². The van der Waals surface area contributed by atoms with Crippen molar-refractivity contribution in [3.8, 4) is 0 Å². The smallest absolute Gasteiger partial charge is 0.306 e. The second-order valence-corrected chi connectivity index (χ2v) is 18.7. The Hall–Kier alpha value is -1.18. The zero-order chi connectivity index (χ0) is 43.4. The van der Waals surface area contributed by atoms with E-state index in [1.165, 1.54) is 193 Å². The van der Waals surface area contributed by atoms with Crippen molar-refractivity contribution in [1.82, 2.24) is 4.90 Å². The maximum Gasteiger partial charge on any atom is 0.306 e. The summed E-state index contributed by atoms with van der Waals surface area (Å²) in [6.07, 6.45) is 43.1. The summed E-state index contributed by atoms with van der Waals surface area (Å²) in [6, 6.07) is 0. The number of ether oxygens (including phenoxy) is 4. The average Bonchev–Trinajstić information content (AvgIpc) is 3.25. The van der Waals surface area contributed by atoms with Crippen molar-refractivity contribution < 1.29 is 28.5 Å². The molecule has 0 amide bonds. The van der Waals surface area contributed by atoms with Crippen molar-refractivity contribution in [3.63, 3.8) is 0 Å². The van der Waals surface area contributed by atoms with Gasteiger partial charge >= 0.3 is 11.9 Å². The van der Waals surface area contributed by atoms with Crippen LogP contribution < -0.4 is 0 Å². The lowest BCUT2D eigenvalue weighted by Gasteiger charge is -2.26. The number of nitrogens with zero attached hydrogens (tertiary/aromatic N) is 1. The second kappa shape index (κ2) is 44.4.